The summed E-state index contributed by atoms with van der Waals surface area (Å²) in [5, 5.41) is 0.376. The molecule has 0 aliphatic carbocycles. The van der Waals surface area contributed by atoms with Gasteiger partial charge < -0.3 is 4.74 Å². The van der Waals surface area contributed by atoms with Gasteiger partial charge in [-0.3, -0.25) is 14.5 Å². The summed E-state index contributed by atoms with van der Waals surface area (Å²) < 4.78 is 19.7. The van der Waals surface area contributed by atoms with Crippen molar-refractivity contribution in [3.63, 3.8) is 0 Å². The normalized spacial score (nSPS) is 15.0. The predicted octanol–water partition coefficient (Wildman–Crippen LogP) is 6.95. The van der Waals surface area contributed by atoms with Crippen molar-refractivity contribution in [1.29, 1.82) is 0 Å². The minimum absolute atomic E-state index is 0.0380. The fourth-order valence-corrected chi connectivity index (χ4v) is 4.25. The lowest BCUT2D eigenvalue weighted by molar-refractivity contribution is -0.123. The van der Waals surface area contributed by atoms with E-state index in [9.17, 15) is 14.0 Å². The number of rotatable bonds is 6. The van der Waals surface area contributed by atoms with E-state index >= 15 is 0 Å². The second-order valence-corrected chi connectivity index (χ2v) is 8.74. The number of imide groups is 1. The first-order chi connectivity index (χ1) is 15.4. The summed E-state index contributed by atoms with van der Waals surface area (Å²) in [6.45, 7) is 0.126. The number of hydrogen-bond donors (Lipinski definition) is 0. The van der Waals surface area contributed by atoms with Gasteiger partial charge in [0.2, 0.25) is 0 Å². The van der Waals surface area contributed by atoms with Crippen LogP contribution in [0.25, 0.3) is 6.08 Å². The summed E-state index contributed by atoms with van der Waals surface area (Å²) in [4.78, 5) is 26.8. The molecule has 1 aliphatic rings. The highest BCUT2D eigenvalue weighted by atomic mass is 35.5. The quantitative estimate of drug-likeness (QED) is 0.353. The Morgan fingerprint density at radius 1 is 0.969 bits per heavy atom. The molecule has 1 heterocycles. The van der Waals surface area contributed by atoms with Crippen LogP contribution in [0, 0.1) is 5.82 Å². The molecular formula is C24H16Cl2FNO3S. The molecule has 0 N–H and O–H groups in total. The van der Waals surface area contributed by atoms with E-state index < -0.39 is 5.91 Å². The van der Waals surface area contributed by atoms with E-state index in [1.54, 1.807) is 66.7 Å². The summed E-state index contributed by atoms with van der Waals surface area (Å²) in [5.41, 5.74) is 1.73. The molecule has 8 heteroatoms. The van der Waals surface area contributed by atoms with Gasteiger partial charge in [0.05, 0.1) is 21.5 Å². The molecule has 32 heavy (non-hydrogen) atoms. The number of ether oxygens (including phenoxy) is 1. The van der Waals surface area contributed by atoms with E-state index in [1.165, 1.54) is 6.07 Å². The van der Waals surface area contributed by atoms with Crippen LogP contribution in [0.4, 0.5) is 9.18 Å². The molecule has 0 radical (unpaired) electrons. The molecule has 0 unspecified atom stereocenters. The van der Waals surface area contributed by atoms with Gasteiger partial charge >= 0.3 is 0 Å². The van der Waals surface area contributed by atoms with Crippen LogP contribution < -0.4 is 4.74 Å². The maximum Gasteiger partial charge on any atom is 0.293 e. The third-order valence-corrected chi connectivity index (χ3v) is 6.39. The van der Waals surface area contributed by atoms with Crippen LogP contribution in [0.15, 0.2) is 71.6 Å². The van der Waals surface area contributed by atoms with Gasteiger partial charge in [-0.2, -0.15) is 0 Å². The molecule has 0 atom stereocenters. The van der Waals surface area contributed by atoms with Gasteiger partial charge in [-0.15, -0.1) is 0 Å². The number of hydrogen-bond acceptors (Lipinski definition) is 4. The molecule has 1 saturated heterocycles. The fraction of sp³-hybridized carbons (Fsp3) is 0.0833. The highest BCUT2D eigenvalue weighted by Crippen LogP contribution is 2.35. The minimum atomic E-state index is -0.407. The molecule has 162 valence electrons. The molecule has 3 aromatic carbocycles. The smallest absolute Gasteiger partial charge is 0.293 e. The lowest BCUT2D eigenvalue weighted by Crippen LogP contribution is -2.27. The van der Waals surface area contributed by atoms with Gasteiger partial charge in [-0.05, 0) is 47.7 Å². The van der Waals surface area contributed by atoms with Gasteiger partial charge in [0.15, 0.2) is 0 Å². The predicted molar refractivity (Wildman–Crippen MR) is 125 cm³/mol. The van der Waals surface area contributed by atoms with E-state index in [0.717, 1.165) is 16.7 Å². The summed E-state index contributed by atoms with van der Waals surface area (Å²) >= 11 is 12.8. The number of carbonyl (C=O) groups is 2. The Bertz CT molecular complexity index is 1230. The SMILES string of the molecule is O=C1S/C(=C/c2ccccc2OCc2ccccc2F)C(=O)N1Cc1ccc(Cl)c(Cl)c1. The minimum Gasteiger partial charge on any atom is -0.488 e. The maximum absolute atomic E-state index is 13.9. The van der Waals surface area contributed by atoms with E-state index in [2.05, 4.69) is 0 Å². The highest BCUT2D eigenvalue weighted by Gasteiger charge is 2.35. The van der Waals surface area contributed by atoms with E-state index in [4.69, 9.17) is 27.9 Å². The number of carbonyl (C=O) groups excluding carboxylic acids is 2. The lowest BCUT2D eigenvalue weighted by Gasteiger charge is -2.13. The Hall–Kier alpha value is -2.80. The van der Waals surface area contributed by atoms with Crippen molar-refractivity contribution >= 4 is 52.2 Å². The topological polar surface area (TPSA) is 46.6 Å². The van der Waals surface area contributed by atoms with Gasteiger partial charge in [0, 0.05) is 11.1 Å². The highest BCUT2D eigenvalue weighted by molar-refractivity contribution is 8.18. The zero-order chi connectivity index (χ0) is 22.7. The molecular weight excluding hydrogens is 472 g/mol. The number of nitrogens with zero attached hydrogens (tertiary/aromatic N) is 1. The van der Waals surface area contributed by atoms with Crippen LogP contribution in [-0.2, 0) is 17.9 Å². The summed E-state index contributed by atoms with van der Waals surface area (Å²) in [6.07, 6.45) is 1.61. The zero-order valence-corrected chi connectivity index (χ0v) is 18.9. The zero-order valence-electron chi connectivity index (χ0n) is 16.6. The largest absolute Gasteiger partial charge is 0.488 e. The molecule has 0 spiro atoms. The Morgan fingerprint density at radius 2 is 1.72 bits per heavy atom. The maximum atomic E-state index is 13.9. The van der Waals surface area contributed by atoms with Crippen molar-refractivity contribution in [3.05, 3.63) is 104 Å². The van der Waals surface area contributed by atoms with Crippen molar-refractivity contribution in [1.82, 2.24) is 4.90 Å². The number of halogens is 3. The van der Waals surface area contributed by atoms with Crippen LogP contribution in [0.5, 0.6) is 5.75 Å². The van der Waals surface area contributed by atoms with Crippen molar-refractivity contribution in [3.8, 4) is 5.75 Å². The monoisotopic (exact) mass is 487 g/mol. The van der Waals surface area contributed by atoms with E-state index in [1.807, 2.05) is 0 Å². The van der Waals surface area contributed by atoms with Crippen LogP contribution in [0.1, 0.15) is 16.7 Å². The van der Waals surface area contributed by atoms with Crippen molar-refractivity contribution in [2.45, 2.75) is 13.2 Å². The Morgan fingerprint density at radius 3 is 2.50 bits per heavy atom. The fourth-order valence-electron chi connectivity index (χ4n) is 3.10. The summed E-state index contributed by atoms with van der Waals surface area (Å²) in [6, 6.07) is 18.4. The average Bonchev–Trinajstić information content (AvgIpc) is 3.04. The van der Waals surface area contributed by atoms with E-state index in [-0.39, 0.29) is 29.1 Å². The molecule has 0 aromatic heterocycles. The molecule has 1 aliphatic heterocycles. The van der Waals surface area contributed by atoms with Crippen molar-refractivity contribution in [2.24, 2.45) is 0 Å². The molecule has 2 amide bonds. The van der Waals surface area contributed by atoms with Gasteiger partial charge in [0.1, 0.15) is 18.2 Å². The average molecular weight is 488 g/mol. The molecule has 0 bridgehead atoms. The third-order valence-electron chi connectivity index (χ3n) is 4.74. The third kappa shape index (κ3) is 4.99. The second kappa shape index (κ2) is 9.77. The molecule has 1 fully saturated rings. The van der Waals surface area contributed by atoms with E-state index in [0.29, 0.717) is 32.5 Å². The van der Waals surface area contributed by atoms with Gasteiger partial charge in [-0.1, -0.05) is 65.7 Å². The van der Waals surface area contributed by atoms with Gasteiger partial charge in [-0.25, -0.2) is 4.39 Å². The standard InChI is InChI=1S/C24H16Cl2FNO3S/c25-18-10-9-15(11-19(18)26)13-28-23(29)22(32-24(28)30)12-16-5-2-4-8-21(16)31-14-17-6-1-3-7-20(17)27/h1-12H,13-14H2/b22-12+. The second-order valence-electron chi connectivity index (χ2n) is 6.93. The molecule has 4 nitrogen and oxygen atoms in total. The van der Waals surface area contributed by atoms with Crippen LogP contribution >= 0.6 is 35.0 Å². The Kier molecular flexibility index (Phi) is 6.84. The van der Waals surface area contributed by atoms with Crippen LogP contribution in [0.2, 0.25) is 10.0 Å². The van der Waals surface area contributed by atoms with Crippen LogP contribution in [-0.4, -0.2) is 16.0 Å². The molecule has 0 saturated carbocycles. The molecule has 4 rings (SSSR count). The first kappa shape index (κ1) is 22.4. The first-order valence-electron chi connectivity index (χ1n) is 9.57. The summed E-state index contributed by atoms with van der Waals surface area (Å²) in [7, 11) is 0. The Labute approximate surface area is 198 Å². The van der Waals surface area contributed by atoms with Crippen molar-refractivity contribution < 1.29 is 18.7 Å². The number of thioether (sulfide) groups is 1. The number of para-hydroxylation sites is 1. The van der Waals surface area contributed by atoms with Crippen LogP contribution in [0.3, 0.4) is 0 Å². The summed E-state index contributed by atoms with van der Waals surface area (Å²) in [5.74, 6) is -0.282. The molecule has 3 aromatic rings. The Balaban J connectivity index is 1.52. The number of benzene rings is 3. The van der Waals surface area contributed by atoms with Gasteiger partial charge in [0.25, 0.3) is 11.1 Å². The van der Waals surface area contributed by atoms with Crippen molar-refractivity contribution in [2.75, 3.05) is 0 Å². The first-order valence-corrected chi connectivity index (χ1v) is 11.1. The number of amides is 2. The lowest BCUT2D eigenvalue weighted by atomic mass is 10.1.